The lowest BCUT2D eigenvalue weighted by molar-refractivity contribution is -0.122. The summed E-state index contributed by atoms with van der Waals surface area (Å²) in [7, 11) is 0. The summed E-state index contributed by atoms with van der Waals surface area (Å²) >= 11 is 0. The Morgan fingerprint density at radius 2 is 1.70 bits per heavy atom. The highest BCUT2D eigenvalue weighted by molar-refractivity contribution is 5.91. The molecular formula is C16H23NO3. The van der Waals surface area contributed by atoms with E-state index in [4.69, 9.17) is 4.74 Å². The van der Waals surface area contributed by atoms with Crippen molar-refractivity contribution in [3.8, 4) is 0 Å². The van der Waals surface area contributed by atoms with Crippen LogP contribution in [0.1, 0.15) is 33.3 Å². The Labute approximate surface area is 120 Å². The Hall–Kier alpha value is -1.68. The highest BCUT2D eigenvalue weighted by Gasteiger charge is 2.08. The number of ketones is 1. The zero-order chi connectivity index (χ0) is 15.1. The number of Topliss-reactive ketones (excluding diaryl/α,β-unsaturated/α-hetero) is 1. The number of carbonyl (C=O) groups excluding carboxylic acids is 2. The standard InChI is InChI=1S/C16H23NO3/c1-11(2)15(18)9-13-5-7-14(8-6-13)17-16(19)10-20-12(3)4/h5-8,11-12H,9-10H2,1-4H3,(H,17,19). The van der Waals surface area contributed by atoms with E-state index >= 15 is 0 Å². The summed E-state index contributed by atoms with van der Waals surface area (Å²) < 4.78 is 5.22. The molecule has 20 heavy (non-hydrogen) atoms. The van der Waals surface area contributed by atoms with Crippen molar-refractivity contribution in [3.05, 3.63) is 29.8 Å². The number of hydrogen-bond donors (Lipinski definition) is 1. The average Bonchev–Trinajstić information content (AvgIpc) is 2.38. The Morgan fingerprint density at radius 3 is 2.20 bits per heavy atom. The molecule has 0 radical (unpaired) electrons. The maximum Gasteiger partial charge on any atom is 0.250 e. The Balaban J connectivity index is 2.50. The van der Waals surface area contributed by atoms with Gasteiger partial charge in [0.25, 0.3) is 0 Å². The van der Waals surface area contributed by atoms with Crippen molar-refractivity contribution in [1.82, 2.24) is 0 Å². The summed E-state index contributed by atoms with van der Waals surface area (Å²) in [5.74, 6) is 0.0828. The lowest BCUT2D eigenvalue weighted by Crippen LogP contribution is -2.20. The second kappa shape index (κ2) is 7.80. The van der Waals surface area contributed by atoms with Crippen LogP contribution in [-0.4, -0.2) is 24.4 Å². The van der Waals surface area contributed by atoms with Gasteiger partial charge in [0.1, 0.15) is 12.4 Å². The molecule has 0 spiro atoms. The molecule has 0 unspecified atom stereocenters. The van der Waals surface area contributed by atoms with Gasteiger partial charge in [-0.1, -0.05) is 26.0 Å². The van der Waals surface area contributed by atoms with Crippen LogP contribution in [-0.2, 0) is 20.7 Å². The van der Waals surface area contributed by atoms with Gasteiger partial charge in [-0.25, -0.2) is 0 Å². The zero-order valence-corrected chi connectivity index (χ0v) is 12.6. The summed E-state index contributed by atoms with van der Waals surface area (Å²) in [5, 5.41) is 2.75. The molecule has 1 N–H and O–H groups in total. The molecule has 1 amide bonds. The third-order valence-corrected chi connectivity index (χ3v) is 2.81. The van der Waals surface area contributed by atoms with Gasteiger partial charge in [0.2, 0.25) is 5.91 Å². The van der Waals surface area contributed by atoms with Gasteiger partial charge in [-0.3, -0.25) is 9.59 Å². The van der Waals surface area contributed by atoms with Crippen LogP contribution in [0.2, 0.25) is 0 Å². The van der Waals surface area contributed by atoms with Crippen LogP contribution in [0.15, 0.2) is 24.3 Å². The summed E-state index contributed by atoms with van der Waals surface area (Å²) in [6.45, 7) is 7.60. The molecule has 1 aromatic carbocycles. The predicted octanol–water partition coefficient (Wildman–Crippen LogP) is 2.82. The number of benzene rings is 1. The van der Waals surface area contributed by atoms with Crippen LogP contribution in [0.3, 0.4) is 0 Å². The van der Waals surface area contributed by atoms with Gasteiger partial charge in [-0.15, -0.1) is 0 Å². The largest absolute Gasteiger partial charge is 0.369 e. The van der Waals surface area contributed by atoms with Crippen LogP contribution >= 0.6 is 0 Å². The van der Waals surface area contributed by atoms with E-state index in [-0.39, 0.29) is 30.3 Å². The monoisotopic (exact) mass is 277 g/mol. The smallest absolute Gasteiger partial charge is 0.250 e. The van der Waals surface area contributed by atoms with Gasteiger partial charge in [0, 0.05) is 18.0 Å². The molecule has 0 aliphatic rings. The van der Waals surface area contributed by atoms with E-state index in [9.17, 15) is 9.59 Å². The minimum absolute atomic E-state index is 0.0326. The molecule has 0 fully saturated rings. The van der Waals surface area contributed by atoms with E-state index in [2.05, 4.69) is 5.32 Å². The quantitative estimate of drug-likeness (QED) is 0.833. The van der Waals surface area contributed by atoms with Crippen LogP contribution in [0.25, 0.3) is 0 Å². The molecule has 0 saturated heterocycles. The van der Waals surface area contributed by atoms with E-state index in [1.54, 1.807) is 12.1 Å². The van der Waals surface area contributed by atoms with E-state index in [1.165, 1.54) is 0 Å². The second-order valence-electron chi connectivity index (χ2n) is 5.40. The number of amides is 1. The van der Waals surface area contributed by atoms with Gasteiger partial charge in [-0.05, 0) is 31.5 Å². The molecule has 0 atom stereocenters. The minimum atomic E-state index is -0.176. The molecule has 0 heterocycles. The fraction of sp³-hybridized carbons (Fsp3) is 0.500. The van der Waals surface area contributed by atoms with Crippen LogP contribution in [0, 0.1) is 5.92 Å². The number of nitrogens with one attached hydrogen (secondary N) is 1. The van der Waals surface area contributed by atoms with Crippen molar-refractivity contribution >= 4 is 17.4 Å². The lowest BCUT2D eigenvalue weighted by atomic mass is 10.0. The summed E-state index contributed by atoms with van der Waals surface area (Å²) in [5.41, 5.74) is 1.67. The molecule has 110 valence electrons. The van der Waals surface area contributed by atoms with Gasteiger partial charge in [-0.2, -0.15) is 0 Å². The molecule has 0 aromatic heterocycles. The fourth-order valence-electron chi connectivity index (χ4n) is 1.55. The lowest BCUT2D eigenvalue weighted by Gasteiger charge is -2.09. The first kappa shape index (κ1) is 16.4. The first-order valence-corrected chi connectivity index (χ1v) is 6.91. The molecule has 0 aliphatic carbocycles. The first-order chi connectivity index (χ1) is 9.38. The highest BCUT2D eigenvalue weighted by atomic mass is 16.5. The van der Waals surface area contributed by atoms with Crippen LogP contribution in [0.5, 0.6) is 0 Å². The molecule has 4 nitrogen and oxygen atoms in total. The Kier molecular flexibility index (Phi) is 6.39. The van der Waals surface area contributed by atoms with Gasteiger partial charge in [0.15, 0.2) is 0 Å². The number of rotatable bonds is 7. The summed E-state index contributed by atoms with van der Waals surface area (Å²) in [6.07, 6.45) is 0.465. The van der Waals surface area contributed by atoms with Crippen LogP contribution < -0.4 is 5.32 Å². The zero-order valence-electron chi connectivity index (χ0n) is 12.6. The fourth-order valence-corrected chi connectivity index (χ4v) is 1.55. The average molecular weight is 277 g/mol. The second-order valence-corrected chi connectivity index (χ2v) is 5.40. The van der Waals surface area contributed by atoms with Crippen LogP contribution in [0.4, 0.5) is 5.69 Å². The number of hydrogen-bond acceptors (Lipinski definition) is 3. The number of anilines is 1. The normalized spacial score (nSPS) is 10.9. The van der Waals surface area contributed by atoms with E-state index in [1.807, 2.05) is 39.8 Å². The predicted molar refractivity (Wildman–Crippen MR) is 79.7 cm³/mol. The maximum atomic E-state index is 11.6. The van der Waals surface area contributed by atoms with Gasteiger partial charge < -0.3 is 10.1 Å². The van der Waals surface area contributed by atoms with Gasteiger partial charge >= 0.3 is 0 Å². The first-order valence-electron chi connectivity index (χ1n) is 6.91. The topological polar surface area (TPSA) is 55.4 Å². The molecule has 0 aliphatic heterocycles. The summed E-state index contributed by atoms with van der Waals surface area (Å²) in [6, 6.07) is 7.32. The third-order valence-electron chi connectivity index (χ3n) is 2.81. The Bertz CT molecular complexity index is 449. The van der Waals surface area contributed by atoms with E-state index in [0.717, 1.165) is 5.56 Å². The SMILES string of the molecule is CC(C)OCC(=O)Nc1ccc(CC(=O)C(C)C)cc1. The molecule has 1 aromatic rings. The summed E-state index contributed by atoms with van der Waals surface area (Å²) in [4.78, 5) is 23.2. The highest BCUT2D eigenvalue weighted by Crippen LogP contribution is 2.12. The number of carbonyl (C=O) groups is 2. The molecular weight excluding hydrogens is 254 g/mol. The Morgan fingerprint density at radius 1 is 1.10 bits per heavy atom. The van der Waals surface area contributed by atoms with E-state index in [0.29, 0.717) is 12.1 Å². The minimum Gasteiger partial charge on any atom is -0.369 e. The van der Waals surface area contributed by atoms with Crippen molar-refractivity contribution < 1.29 is 14.3 Å². The van der Waals surface area contributed by atoms with Crippen molar-refractivity contribution in [3.63, 3.8) is 0 Å². The molecule has 0 saturated carbocycles. The maximum absolute atomic E-state index is 11.6. The van der Waals surface area contributed by atoms with Crippen molar-refractivity contribution in [2.45, 2.75) is 40.2 Å². The van der Waals surface area contributed by atoms with Crippen molar-refractivity contribution in [2.75, 3.05) is 11.9 Å². The van der Waals surface area contributed by atoms with Crippen molar-refractivity contribution in [1.29, 1.82) is 0 Å². The van der Waals surface area contributed by atoms with Gasteiger partial charge in [0.05, 0.1) is 6.10 Å². The van der Waals surface area contributed by atoms with E-state index < -0.39 is 0 Å². The number of ether oxygens (including phenoxy) is 1. The third kappa shape index (κ3) is 5.97. The molecule has 0 bridgehead atoms. The molecule has 1 rings (SSSR count). The van der Waals surface area contributed by atoms with Crippen molar-refractivity contribution in [2.24, 2.45) is 5.92 Å². The molecule has 4 heteroatoms.